The van der Waals surface area contributed by atoms with E-state index in [-0.39, 0.29) is 36.7 Å². The van der Waals surface area contributed by atoms with E-state index in [1.807, 2.05) is 35.2 Å². The lowest BCUT2D eigenvalue weighted by atomic mass is 10.0. The first-order valence-corrected chi connectivity index (χ1v) is 7.96. The Balaban J connectivity index is 0.00000264. The molecule has 2 unspecified atom stereocenters. The molecule has 6 heteroatoms. The minimum atomic E-state index is -0.492. The van der Waals surface area contributed by atoms with Gasteiger partial charge in [0.15, 0.2) is 0 Å². The fourth-order valence-corrected chi connectivity index (χ4v) is 2.77. The summed E-state index contributed by atoms with van der Waals surface area (Å²) in [7, 11) is 0. The molecule has 0 bridgehead atoms. The van der Waals surface area contributed by atoms with E-state index in [0.29, 0.717) is 0 Å². The zero-order chi connectivity index (χ0) is 15.9. The average molecular weight is 340 g/mol. The Kier molecular flexibility index (Phi) is 8.06. The van der Waals surface area contributed by atoms with Crippen LogP contribution in [0, 0.1) is 0 Å². The number of nitrogens with zero attached hydrogens (tertiary/aromatic N) is 1. The SMILES string of the molecule is CC(NC(=O)CC(N)c1ccccc1)C(=O)N1CCCCC1.Cl. The summed E-state index contributed by atoms with van der Waals surface area (Å²) >= 11 is 0. The van der Waals surface area contributed by atoms with E-state index in [4.69, 9.17) is 5.73 Å². The van der Waals surface area contributed by atoms with E-state index in [1.165, 1.54) is 6.42 Å². The molecule has 2 amide bonds. The summed E-state index contributed by atoms with van der Waals surface area (Å²) in [5, 5.41) is 2.77. The van der Waals surface area contributed by atoms with Gasteiger partial charge >= 0.3 is 0 Å². The van der Waals surface area contributed by atoms with Crippen LogP contribution in [0.5, 0.6) is 0 Å². The zero-order valence-electron chi connectivity index (χ0n) is 13.5. The number of piperidine rings is 1. The summed E-state index contributed by atoms with van der Waals surface area (Å²) in [6.07, 6.45) is 3.45. The van der Waals surface area contributed by atoms with Crippen molar-refractivity contribution >= 4 is 24.2 Å². The number of benzene rings is 1. The molecule has 2 rings (SSSR count). The van der Waals surface area contributed by atoms with E-state index >= 15 is 0 Å². The predicted molar refractivity (Wildman–Crippen MR) is 93.3 cm³/mol. The molecule has 5 nitrogen and oxygen atoms in total. The van der Waals surface area contributed by atoms with Crippen molar-refractivity contribution in [2.24, 2.45) is 5.73 Å². The van der Waals surface area contributed by atoms with E-state index in [1.54, 1.807) is 6.92 Å². The Bertz CT molecular complexity index is 504. The molecule has 128 valence electrons. The van der Waals surface area contributed by atoms with E-state index in [0.717, 1.165) is 31.5 Å². The van der Waals surface area contributed by atoms with Crippen molar-refractivity contribution in [3.8, 4) is 0 Å². The van der Waals surface area contributed by atoms with Crippen molar-refractivity contribution in [2.45, 2.75) is 44.7 Å². The van der Waals surface area contributed by atoms with E-state index < -0.39 is 6.04 Å². The van der Waals surface area contributed by atoms with Gasteiger partial charge in [0.25, 0.3) is 0 Å². The van der Waals surface area contributed by atoms with Crippen LogP contribution in [0.2, 0.25) is 0 Å². The van der Waals surface area contributed by atoms with Gasteiger partial charge in [-0.2, -0.15) is 0 Å². The molecule has 1 aliphatic heterocycles. The maximum absolute atomic E-state index is 12.3. The molecule has 1 aromatic rings. The molecule has 1 aromatic carbocycles. The maximum atomic E-state index is 12.3. The molecule has 1 saturated heterocycles. The van der Waals surface area contributed by atoms with Gasteiger partial charge < -0.3 is 16.0 Å². The normalized spacial score (nSPS) is 16.9. The standard InChI is InChI=1S/C17H25N3O2.ClH/c1-13(17(22)20-10-6-3-7-11-20)19-16(21)12-15(18)14-8-4-2-5-9-14;/h2,4-5,8-9,13,15H,3,6-7,10-12,18H2,1H3,(H,19,21);1H. The van der Waals surface area contributed by atoms with Crippen molar-refractivity contribution in [2.75, 3.05) is 13.1 Å². The molecule has 2 atom stereocenters. The second kappa shape index (κ2) is 9.53. The molecule has 0 radical (unpaired) electrons. The van der Waals surface area contributed by atoms with Crippen LogP contribution in [0.25, 0.3) is 0 Å². The van der Waals surface area contributed by atoms with Gasteiger partial charge in [0.05, 0.1) is 0 Å². The molecule has 0 spiro atoms. The molecule has 3 N–H and O–H groups in total. The van der Waals surface area contributed by atoms with Gasteiger partial charge in [-0.3, -0.25) is 9.59 Å². The Morgan fingerprint density at radius 2 is 1.78 bits per heavy atom. The average Bonchev–Trinajstić information content (AvgIpc) is 2.55. The molecule has 1 heterocycles. The molecule has 0 aromatic heterocycles. The third kappa shape index (κ3) is 5.84. The zero-order valence-corrected chi connectivity index (χ0v) is 14.3. The summed E-state index contributed by atoms with van der Waals surface area (Å²) in [5.41, 5.74) is 6.96. The van der Waals surface area contributed by atoms with Gasteiger partial charge in [0.2, 0.25) is 11.8 Å². The minimum Gasteiger partial charge on any atom is -0.345 e. The number of nitrogens with one attached hydrogen (secondary N) is 1. The molecular formula is C17H26ClN3O2. The first-order chi connectivity index (χ1) is 10.6. The Hall–Kier alpha value is -1.59. The van der Waals surface area contributed by atoms with Crippen LogP contribution in [-0.4, -0.2) is 35.8 Å². The van der Waals surface area contributed by atoms with Gasteiger partial charge in [-0.05, 0) is 31.7 Å². The number of amides is 2. The smallest absolute Gasteiger partial charge is 0.244 e. The summed E-state index contributed by atoms with van der Waals surface area (Å²) in [4.78, 5) is 26.2. The number of likely N-dealkylation sites (tertiary alicyclic amines) is 1. The van der Waals surface area contributed by atoms with Gasteiger partial charge in [-0.25, -0.2) is 0 Å². The summed E-state index contributed by atoms with van der Waals surface area (Å²) < 4.78 is 0. The maximum Gasteiger partial charge on any atom is 0.244 e. The molecular weight excluding hydrogens is 314 g/mol. The lowest BCUT2D eigenvalue weighted by Crippen LogP contribution is -2.48. The van der Waals surface area contributed by atoms with Crippen molar-refractivity contribution < 1.29 is 9.59 Å². The number of hydrogen-bond acceptors (Lipinski definition) is 3. The van der Waals surface area contributed by atoms with Crippen LogP contribution in [0.4, 0.5) is 0 Å². The summed E-state index contributed by atoms with van der Waals surface area (Å²) in [6.45, 7) is 3.33. The van der Waals surface area contributed by atoms with Crippen LogP contribution >= 0.6 is 12.4 Å². The van der Waals surface area contributed by atoms with Gasteiger partial charge in [-0.15, -0.1) is 12.4 Å². The number of hydrogen-bond donors (Lipinski definition) is 2. The fraction of sp³-hybridized carbons (Fsp3) is 0.529. The quantitative estimate of drug-likeness (QED) is 0.861. The van der Waals surface area contributed by atoms with Crippen LogP contribution in [0.15, 0.2) is 30.3 Å². The first kappa shape index (κ1) is 19.5. The third-order valence-electron chi connectivity index (χ3n) is 4.05. The predicted octanol–water partition coefficient (Wildman–Crippen LogP) is 2.02. The highest BCUT2D eigenvalue weighted by Gasteiger charge is 2.23. The van der Waals surface area contributed by atoms with E-state index in [2.05, 4.69) is 5.32 Å². The van der Waals surface area contributed by atoms with Crippen LogP contribution in [-0.2, 0) is 9.59 Å². The Morgan fingerprint density at radius 3 is 2.39 bits per heavy atom. The highest BCUT2D eigenvalue weighted by Crippen LogP contribution is 2.14. The van der Waals surface area contributed by atoms with Gasteiger partial charge in [-0.1, -0.05) is 30.3 Å². The summed E-state index contributed by atoms with van der Waals surface area (Å²) in [6, 6.07) is 8.67. The third-order valence-corrected chi connectivity index (χ3v) is 4.05. The fourth-order valence-electron chi connectivity index (χ4n) is 2.77. The second-order valence-electron chi connectivity index (χ2n) is 5.90. The molecule has 1 fully saturated rings. The Morgan fingerprint density at radius 1 is 1.17 bits per heavy atom. The van der Waals surface area contributed by atoms with Crippen molar-refractivity contribution in [3.05, 3.63) is 35.9 Å². The van der Waals surface area contributed by atoms with Crippen LogP contribution in [0.3, 0.4) is 0 Å². The number of halogens is 1. The number of carbonyl (C=O) groups excluding carboxylic acids is 2. The largest absolute Gasteiger partial charge is 0.345 e. The van der Waals surface area contributed by atoms with Gasteiger partial charge in [0.1, 0.15) is 6.04 Å². The number of nitrogens with two attached hydrogens (primary N) is 1. The molecule has 1 aliphatic rings. The monoisotopic (exact) mass is 339 g/mol. The molecule has 23 heavy (non-hydrogen) atoms. The van der Waals surface area contributed by atoms with Crippen molar-refractivity contribution in [3.63, 3.8) is 0 Å². The van der Waals surface area contributed by atoms with Crippen molar-refractivity contribution in [1.29, 1.82) is 0 Å². The van der Waals surface area contributed by atoms with E-state index in [9.17, 15) is 9.59 Å². The highest BCUT2D eigenvalue weighted by atomic mass is 35.5. The molecule has 0 saturated carbocycles. The van der Waals surface area contributed by atoms with Crippen LogP contribution < -0.4 is 11.1 Å². The van der Waals surface area contributed by atoms with Gasteiger partial charge in [0, 0.05) is 25.6 Å². The van der Waals surface area contributed by atoms with Crippen molar-refractivity contribution in [1.82, 2.24) is 10.2 Å². The topological polar surface area (TPSA) is 75.4 Å². The Labute approximate surface area is 144 Å². The summed E-state index contributed by atoms with van der Waals surface area (Å²) in [5.74, 6) is -0.185. The number of rotatable bonds is 5. The lowest BCUT2D eigenvalue weighted by molar-refractivity contribution is -0.136. The lowest BCUT2D eigenvalue weighted by Gasteiger charge is -2.29. The first-order valence-electron chi connectivity index (χ1n) is 7.96. The number of carbonyl (C=O) groups is 2. The molecule has 0 aliphatic carbocycles. The minimum absolute atomic E-state index is 0. The second-order valence-corrected chi connectivity index (χ2v) is 5.90. The van der Waals surface area contributed by atoms with Crippen LogP contribution in [0.1, 0.15) is 44.2 Å². The highest BCUT2D eigenvalue weighted by molar-refractivity contribution is 5.87.